The smallest absolute Gasteiger partial charge is 0.0747 e. The summed E-state index contributed by atoms with van der Waals surface area (Å²) in [5, 5.41) is 10.6. The fourth-order valence-electron chi connectivity index (χ4n) is 3.03. The summed E-state index contributed by atoms with van der Waals surface area (Å²) in [7, 11) is 4.28. The monoisotopic (exact) mass is 276 g/mol. The molecule has 2 unspecified atom stereocenters. The third kappa shape index (κ3) is 3.81. The predicted octanol–water partition coefficient (Wildman–Crippen LogP) is 1.84. The van der Waals surface area contributed by atoms with Crippen LogP contribution in [0.15, 0.2) is 18.2 Å². The van der Waals surface area contributed by atoms with Gasteiger partial charge in [0.25, 0.3) is 0 Å². The second kappa shape index (κ2) is 6.70. The van der Waals surface area contributed by atoms with Crippen LogP contribution >= 0.6 is 0 Å². The summed E-state index contributed by atoms with van der Waals surface area (Å²) in [4.78, 5) is 4.65. The molecule has 2 rings (SSSR count). The molecule has 1 heterocycles. The lowest BCUT2D eigenvalue weighted by Gasteiger charge is -2.31. The van der Waals surface area contributed by atoms with Crippen molar-refractivity contribution in [3.8, 4) is 0 Å². The average molecular weight is 276 g/mol. The highest BCUT2D eigenvalue weighted by molar-refractivity contribution is 5.30. The second-order valence-electron chi connectivity index (χ2n) is 6.35. The van der Waals surface area contributed by atoms with E-state index in [4.69, 9.17) is 0 Å². The highest BCUT2D eigenvalue weighted by atomic mass is 16.3. The Morgan fingerprint density at radius 3 is 2.65 bits per heavy atom. The van der Waals surface area contributed by atoms with Crippen LogP contribution in [0, 0.1) is 13.8 Å². The van der Waals surface area contributed by atoms with Gasteiger partial charge in [-0.15, -0.1) is 0 Å². The molecular weight excluding hydrogens is 248 g/mol. The number of nitrogens with zero attached hydrogens (tertiary/aromatic N) is 2. The molecule has 0 aromatic heterocycles. The normalized spacial score (nSPS) is 23.6. The lowest BCUT2D eigenvalue weighted by molar-refractivity contribution is 0.0581. The molecule has 0 aliphatic carbocycles. The van der Waals surface area contributed by atoms with Gasteiger partial charge in [-0.05, 0) is 70.6 Å². The van der Waals surface area contributed by atoms with Crippen LogP contribution in [0.25, 0.3) is 0 Å². The van der Waals surface area contributed by atoms with E-state index in [-0.39, 0.29) is 12.1 Å². The lowest BCUT2D eigenvalue weighted by Crippen LogP contribution is -2.47. The zero-order valence-electron chi connectivity index (χ0n) is 13.3. The molecule has 0 bridgehead atoms. The maximum Gasteiger partial charge on any atom is 0.0747 e. The highest BCUT2D eigenvalue weighted by Crippen LogP contribution is 2.16. The molecule has 1 saturated heterocycles. The SMILES string of the molecule is Cc1ccc(CC(O)C2CN(C)CCCN2C)cc1C. The summed E-state index contributed by atoms with van der Waals surface area (Å²) in [5.41, 5.74) is 3.86. The number of hydrogen-bond acceptors (Lipinski definition) is 3. The molecule has 2 atom stereocenters. The van der Waals surface area contributed by atoms with Gasteiger partial charge < -0.3 is 10.0 Å². The van der Waals surface area contributed by atoms with E-state index >= 15 is 0 Å². The first-order valence-electron chi connectivity index (χ1n) is 7.60. The van der Waals surface area contributed by atoms with E-state index in [1.54, 1.807) is 0 Å². The number of hydrogen-bond donors (Lipinski definition) is 1. The molecule has 1 fully saturated rings. The van der Waals surface area contributed by atoms with Gasteiger partial charge in [0.15, 0.2) is 0 Å². The van der Waals surface area contributed by atoms with Crippen LogP contribution in [0.4, 0.5) is 0 Å². The van der Waals surface area contributed by atoms with Crippen molar-refractivity contribution in [3.05, 3.63) is 34.9 Å². The molecule has 3 heteroatoms. The molecule has 112 valence electrons. The van der Waals surface area contributed by atoms with Gasteiger partial charge in [-0.3, -0.25) is 4.90 Å². The molecule has 20 heavy (non-hydrogen) atoms. The number of aryl methyl sites for hydroxylation is 2. The fourth-order valence-corrected chi connectivity index (χ4v) is 3.03. The van der Waals surface area contributed by atoms with Gasteiger partial charge >= 0.3 is 0 Å². The van der Waals surface area contributed by atoms with Crippen molar-refractivity contribution in [2.75, 3.05) is 33.7 Å². The molecule has 0 radical (unpaired) electrons. The Morgan fingerprint density at radius 2 is 1.95 bits per heavy atom. The first-order valence-corrected chi connectivity index (χ1v) is 7.60. The van der Waals surface area contributed by atoms with Gasteiger partial charge in [-0.2, -0.15) is 0 Å². The number of aliphatic hydroxyl groups is 1. The third-order valence-corrected chi connectivity index (χ3v) is 4.58. The minimum atomic E-state index is -0.303. The summed E-state index contributed by atoms with van der Waals surface area (Å²) >= 11 is 0. The van der Waals surface area contributed by atoms with Crippen LogP contribution in [-0.4, -0.2) is 60.8 Å². The molecule has 0 spiro atoms. The third-order valence-electron chi connectivity index (χ3n) is 4.58. The summed E-state index contributed by atoms with van der Waals surface area (Å²) in [6.07, 6.45) is 1.62. The van der Waals surface area contributed by atoms with Crippen LogP contribution in [0.1, 0.15) is 23.1 Å². The van der Waals surface area contributed by atoms with E-state index in [0.717, 1.165) is 26.1 Å². The molecular formula is C17H28N2O. The number of rotatable bonds is 3. The summed E-state index contributed by atoms with van der Waals surface area (Å²) in [6, 6.07) is 6.73. The molecule has 1 aliphatic heterocycles. The van der Waals surface area contributed by atoms with Gasteiger partial charge in [0.1, 0.15) is 0 Å². The zero-order chi connectivity index (χ0) is 14.7. The van der Waals surface area contributed by atoms with Gasteiger partial charge in [-0.25, -0.2) is 0 Å². The Kier molecular flexibility index (Phi) is 5.19. The number of benzene rings is 1. The van der Waals surface area contributed by atoms with Crippen LogP contribution < -0.4 is 0 Å². The van der Waals surface area contributed by atoms with Crippen molar-refractivity contribution >= 4 is 0 Å². The molecule has 1 N–H and O–H groups in total. The van der Waals surface area contributed by atoms with Gasteiger partial charge in [0, 0.05) is 12.6 Å². The van der Waals surface area contributed by atoms with Crippen molar-refractivity contribution in [2.45, 2.75) is 38.8 Å². The van der Waals surface area contributed by atoms with Crippen molar-refractivity contribution in [3.63, 3.8) is 0 Å². The largest absolute Gasteiger partial charge is 0.391 e. The zero-order valence-corrected chi connectivity index (χ0v) is 13.3. The van der Waals surface area contributed by atoms with Crippen LogP contribution in [-0.2, 0) is 6.42 Å². The van der Waals surface area contributed by atoms with E-state index in [2.05, 4.69) is 55.9 Å². The Bertz CT molecular complexity index is 447. The molecule has 0 saturated carbocycles. The van der Waals surface area contributed by atoms with Crippen LogP contribution in [0.5, 0.6) is 0 Å². The van der Waals surface area contributed by atoms with Crippen molar-refractivity contribution in [2.24, 2.45) is 0 Å². The Morgan fingerprint density at radius 1 is 1.20 bits per heavy atom. The summed E-state index contributed by atoms with van der Waals surface area (Å²) in [5.74, 6) is 0. The summed E-state index contributed by atoms with van der Waals surface area (Å²) in [6.45, 7) is 7.40. The van der Waals surface area contributed by atoms with Gasteiger partial charge in [-0.1, -0.05) is 18.2 Å². The topological polar surface area (TPSA) is 26.7 Å². The maximum atomic E-state index is 10.6. The molecule has 0 amide bonds. The van der Waals surface area contributed by atoms with Crippen molar-refractivity contribution in [1.82, 2.24) is 9.80 Å². The lowest BCUT2D eigenvalue weighted by atomic mass is 9.98. The maximum absolute atomic E-state index is 10.6. The van der Waals surface area contributed by atoms with E-state index in [9.17, 15) is 5.11 Å². The van der Waals surface area contributed by atoms with E-state index < -0.39 is 0 Å². The standard InChI is InChI=1S/C17H28N2O/c1-13-6-7-15(10-14(13)2)11-17(20)16-12-18(3)8-5-9-19(16)4/h6-7,10,16-17,20H,5,8-9,11-12H2,1-4H3. The Hall–Kier alpha value is -0.900. The minimum absolute atomic E-state index is 0.226. The van der Waals surface area contributed by atoms with Gasteiger partial charge in [0.2, 0.25) is 0 Å². The molecule has 1 aromatic rings. The quantitative estimate of drug-likeness (QED) is 0.912. The van der Waals surface area contributed by atoms with Crippen molar-refractivity contribution < 1.29 is 5.11 Å². The predicted molar refractivity (Wildman–Crippen MR) is 84.2 cm³/mol. The van der Waals surface area contributed by atoms with Crippen LogP contribution in [0.2, 0.25) is 0 Å². The minimum Gasteiger partial charge on any atom is -0.391 e. The fraction of sp³-hybridized carbons (Fsp3) is 0.647. The van der Waals surface area contributed by atoms with E-state index in [1.807, 2.05) is 0 Å². The summed E-state index contributed by atoms with van der Waals surface area (Å²) < 4.78 is 0. The molecule has 3 nitrogen and oxygen atoms in total. The van der Waals surface area contributed by atoms with E-state index in [1.165, 1.54) is 23.1 Å². The average Bonchev–Trinajstić information content (AvgIpc) is 2.56. The van der Waals surface area contributed by atoms with Crippen LogP contribution in [0.3, 0.4) is 0 Å². The van der Waals surface area contributed by atoms with Gasteiger partial charge in [0.05, 0.1) is 6.10 Å². The van der Waals surface area contributed by atoms with E-state index in [0.29, 0.717) is 0 Å². The highest BCUT2D eigenvalue weighted by Gasteiger charge is 2.27. The number of likely N-dealkylation sites (N-methyl/N-ethyl adjacent to an activating group) is 2. The first-order chi connectivity index (χ1) is 9.47. The first kappa shape index (κ1) is 15.5. The number of aliphatic hydroxyl groups excluding tert-OH is 1. The molecule has 1 aromatic carbocycles. The molecule has 1 aliphatic rings. The van der Waals surface area contributed by atoms with Crippen molar-refractivity contribution in [1.29, 1.82) is 0 Å². The Labute approximate surface area is 123 Å². The second-order valence-corrected chi connectivity index (χ2v) is 6.35. The Balaban J connectivity index is 2.05.